The molecule has 0 saturated heterocycles. The van der Waals surface area contributed by atoms with Crippen LogP contribution in [0.4, 0.5) is 0 Å². The number of carbonyl (C=O) groups excluding carboxylic acids is 1. The molecule has 0 aromatic heterocycles. The zero-order valence-corrected chi connectivity index (χ0v) is 6.19. The Kier molecular flexibility index (Phi) is 3.97. The fourth-order valence-corrected chi connectivity index (χ4v) is 0.533. The van der Waals surface area contributed by atoms with Gasteiger partial charge in [-0.3, -0.25) is 0 Å². The lowest BCUT2D eigenvalue weighted by atomic mass is 10.1. The van der Waals surface area contributed by atoms with Crippen LogP contribution in [0.15, 0.2) is 0 Å². The Morgan fingerprint density at radius 1 is 1.75 bits per heavy atom. The molecule has 0 fully saturated rings. The van der Waals surface area contributed by atoms with Crippen molar-refractivity contribution in [2.75, 3.05) is 0 Å². The van der Waals surface area contributed by atoms with E-state index in [0.717, 1.165) is 12.7 Å². The highest BCUT2D eigenvalue weighted by Gasteiger charge is 2.07. The molecule has 0 rings (SSSR count). The molecule has 0 spiro atoms. The molecule has 2 heteroatoms. The van der Waals surface area contributed by atoms with Gasteiger partial charge in [-0.05, 0) is 6.42 Å². The molecule has 0 aromatic carbocycles. The lowest BCUT2D eigenvalue weighted by Gasteiger charge is -2.08. The summed E-state index contributed by atoms with van der Waals surface area (Å²) in [5, 5.41) is 0.243. The van der Waals surface area contributed by atoms with Crippen LogP contribution in [-0.2, 0) is 4.79 Å². The molecule has 0 aliphatic rings. The smallest absolute Gasteiger partial charge is 0.123 e. The summed E-state index contributed by atoms with van der Waals surface area (Å²) in [4.78, 5) is 10.1. The molecule has 0 unspecified atom stereocenters. The van der Waals surface area contributed by atoms with Crippen LogP contribution < -0.4 is 0 Å². The first kappa shape index (κ1) is 8.02. The number of rotatable bonds is 3. The van der Waals surface area contributed by atoms with Gasteiger partial charge in [-0.2, -0.15) is 12.6 Å². The van der Waals surface area contributed by atoms with Gasteiger partial charge in [-0.15, -0.1) is 0 Å². The van der Waals surface area contributed by atoms with Crippen molar-refractivity contribution in [2.24, 2.45) is 5.92 Å². The van der Waals surface area contributed by atoms with Crippen molar-refractivity contribution in [3.63, 3.8) is 0 Å². The Labute approximate surface area is 55.9 Å². The second kappa shape index (κ2) is 3.96. The van der Waals surface area contributed by atoms with Crippen molar-refractivity contribution in [3.8, 4) is 0 Å². The minimum atomic E-state index is 0.100. The minimum absolute atomic E-state index is 0.100. The van der Waals surface area contributed by atoms with Crippen LogP contribution in [-0.4, -0.2) is 11.5 Å². The van der Waals surface area contributed by atoms with Gasteiger partial charge in [0.1, 0.15) is 6.29 Å². The molecular weight excluding hydrogens is 120 g/mol. The lowest BCUT2D eigenvalue weighted by Crippen LogP contribution is -2.10. The van der Waals surface area contributed by atoms with Gasteiger partial charge in [0.25, 0.3) is 0 Å². The fourth-order valence-electron chi connectivity index (χ4n) is 0.462. The van der Waals surface area contributed by atoms with E-state index in [4.69, 9.17) is 0 Å². The lowest BCUT2D eigenvalue weighted by molar-refractivity contribution is -0.110. The van der Waals surface area contributed by atoms with E-state index in [9.17, 15) is 4.79 Å². The summed E-state index contributed by atoms with van der Waals surface area (Å²) in [7, 11) is 0. The van der Waals surface area contributed by atoms with Gasteiger partial charge in [0, 0.05) is 11.2 Å². The summed E-state index contributed by atoms with van der Waals surface area (Å²) in [6, 6.07) is 0. The first-order chi connectivity index (χ1) is 3.72. The Balaban J connectivity index is 3.44. The van der Waals surface area contributed by atoms with E-state index in [-0.39, 0.29) is 11.2 Å². The summed E-state index contributed by atoms with van der Waals surface area (Å²) in [6.07, 6.45) is 1.91. The van der Waals surface area contributed by atoms with E-state index in [0.29, 0.717) is 0 Å². The molecule has 0 aliphatic heterocycles. The molecule has 0 aliphatic carbocycles. The highest BCUT2D eigenvalue weighted by molar-refractivity contribution is 7.81. The van der Waals surface area contributed by atoms with Crippen molar-refractivity contribution in [1.82, 2.24) is 0 Å². The van der Waals surface area contributed by atoms with Crippen molar-refractivity contribution in [3.05, 3.63) is 0 Å². The fraction of sp³-hybridized carbons (Fsp3) is 0.833. The highest BCUT2D eigenvalue weighted by atomic mass is 32.1. The topological polar surface area (TPSA) is 17.1 Å². The molecule has 0 bridgehead atoms. The van der Waals surface area contributed by atoms with Gasteiger partial charge in [-0.1, -0.05) is 13.8 Å². The molecule has 0 amide bonds. The number of aldehydes is 1. The van der Waals surface area contributed by atoms with Gasteiger partial charge in [0.15, 0.2) is 0 Å². The van der Waals surface area contributed by atoms with Gasteiger partial charge >= 0.3 is 0 Å². The normalized spacial score (nSPS) is 17.4. The maximum absolute atomic E-state index is 10.1. The van der Waals surface area contributed by atoms with E-state index < -0.39 is 0 Å². The molecule has 48 valence electrons. The Hall–Kier alpha value is 0.0200. The van der Waals surface area contributed by atoms with Gasteiger partial charge < -0.3 is 4.79 Å². The van der Waals surface area contributed by atoms with Crippen LogP contribution in [0.2, 0.25) is 0 Å². The van der Waals surface area contributed by atoms with E-state index in [2.05, 4.69) is 12.6 Å². The van der Waals surface area contributed by atoms with Crippen molar-refractivity contribution < 1.29 is 4.79 Å². The molecule has 1 nitrogen and oxygen atoms in total. The second-order valence-corrected chi connectivity index (χ2v) is 2.63. The number of hydrogen-bond donors (Lipinski definition) is 1. The van der Waals surface area contributed by atoms with Crippen molar-refractivity contribution >= 4 is 18.9 Å². The van der Waals surface area contributed by atoms with E-state index >= 15 is 0 Å². The molecule has 2 atom stereocenters. The first-order valence-electron chi connectivity index (χ1n) is 2.85. The standard InChI is InChI=1S/C6H12OS/c1-3-6(8)5(2)4-7/h4-6,8H,3H2,1-2H3/t5-,6-/m1/s1. The number of carbonyl (C=O) groups is 1. The van der Waals surface area contributed by atoms with Gasteiger partial charge in [0.2, 0.25) is 0 Å². The molecule has 0 heterocycles. The van der Waals surface area contributed by atoms with E-state index in [1.807, 2.05) is 13.8 Å². The van der Waals surface area contributed by atoms with Gasteiger partial charge in [-0.25, -0.2) is 0 Å². The third kappa shape index (κ3) is 2.36. The van der Waals surface area contributed by atoms with Gasteiger partial charge in [0.05, 0.1) is 0 Å². The molecule has 0 saturated carbocycles. The summed E-state index contributed by atoms with van der Waals surface area (Å²) in [5.74, 6) is 0.100. The zero-order chi connectivity index (χ0) is 6.57. The van der Waals surface area contributed by atoms with Crippen LogP contribution >= 0.6 is 12.6 Å². The molecule has 0 N–H and O–H groups in total. The van der Waals surface area contributed by atoms with Crippen LogP contribution in [0, 0.1) is 5.92 Å². The van der Waals surface area contributed by atoms with Crippen LogP contribution in [0.3, 0.4) is 0 Å². The van der Waals surface area contributed by atoms with Crippen LogP contribution in [0.5, 0.6) is 0 Å². The van der Waals surface area contributed by atoms with Crippen LogP contribution in [0.25, 0.3) is 0 Å². The van der Waals surface area contributed by atoms with E-state index in [1.54, 1.807) is 0 Å². The maximum Gasteiger partial charge on any atom is 0.123 e. The number of hydrogen-bond acceptors (Lipinski definition) is 2. The maximum atomic E-state index is 10.1. The third-order valence-electron chi connectivity index (χ3n) is 1.24. The molecule has 0 aromatic rings. The summed E-state index contributed by atoms with van der Waals surface area (Å²) < 4.78 is 0. The number of thiol groups is 1. The summed E-state index contributed by atoms with van der Waals surface area (Å²) in [5.41, 5.74) is 0. The molecular formula is C6H12OS. The SMILES string of the molecule is CC[C@@H](S)[C@H](C)C=O. The second-order valence-electron chi connectivity index (χ2n) is 1.97. The summed E-state index contributed by atoms with van der Waals surface area (Å²) >= 11 is 4.17. The average molecular weight is 132 g/mol. The third-order valence-corrected chi connectivity index (χ3v) is 2.08. The Morgan fingerprint density at radius 3 is 2.38 bits per heavy atom. The van der Waals surface area contributed by atoms with E-state index in [1.165, 1.54) is 0 Å². The summed E-state index contributed by atoms with van der Waals surface area (Å²) in [6.45, 7) is 3.91. The minimum Gasteiger partial charge on any atom is -0.303 e. The van der Waals surface area contributed by atoms with Crippen molar-refractivity contribution in [2.45, 2.75) is 25.5 Å². The van der Waals surface area contributed by atoms with Crippen molar-refractivity contribution in [1.29, 1.82) is 0 Å². The zero-order valence-electron chi connectivity index (χ0n) is 5.29. The largest absolute Gasteiger partial charge is 0.303 e. The Bertz CT molecular complexity index is 72.9. The first-order valence-corrected chi connectivity index (χ1v) is 3.37. The highest BCUT2D eigenvalue weighted by Crippen LogP contribution is 2.09. The molecule has 8 heavy (non-hydrogen) atoms. The predicted octanol–water partition coefficient (Wildman–Crippen LogP) is 1.53. The Morgan fingerprint density at radius 2 is 2.25 bits per heavy atom. The quantitative estimate of drug-likeness (QED) is 0.455. The predicted molar refractivity (Wildman–Crippen MR) is 38.3 cm³/mol. The molecule has 0 radical (unpaired) electrons. The average Bonchev–Trinajstić information content (AvgIpc) is 1.84. The van der Waals surface area contributed by atoms with Crippen LogP contribution in [0.1, 0.15) is 20.3 Å². The monoisotopic (exact) mass is 132 g/mol.